The minimum Gasteiger partial charge on any atom is -0.398 e. The van der Waals surface area contributed by atoms with Crippen LogP contribution in [0.25, 0.3) is 0 Å². The molecule has 2 aliphatic heterocycles. The maximum absolute atomic E-state index is 12.7. The van der Waals surface area contributed by atoms with Gasteiger partial charge in [-0.2, -0.15) is 0 Å². The molecule has 0 saturated carbocycles. The molecule has 2 aliphatic rings. The Morgan fingerprint density at radius 3 is 2.64 bits per heavy atom. The summed E-state index contributed by atoms with van der Waals surface area (Å²) in [5.41, 5.74) is 8.14. The van der Waals surface area contributed by atoms with Crippen LogP contribution in [0.15, 0.2) is 30.9 Å². The summed E-state index contributed by atoms with van der Waals surface area (Å²) in [5, 5.41) is 0. The highest BCUT2D eigenvalue weighted by Crippen LogP contribution is 2.31. The smallest absolute Gasteiger partial charge is 0.335 e. The Hall–Kier alpha value is -3.16. The molecular formula is C17H18N4O4. The highest BCUT2D eigenvalue weighted by atomic mass is 16.2. The Balaban J connectivity index is 1.81. The summed E-state index contributed by atoms with van der Waals surface area (Å²) in [7, 11) is 0. The van der Waals surface area contributed by atoms with Crippen molar-refractivity contribution in [3.63, 3.8) is 0 Å². The van der Waals surface area contributed by atoms with Gasteiger partial charge >= 0.3 is 17.8 Å². The minimum absolute atomic E-state index is 0.0722. The molecule has 1 aromatic carbocycles. The molecule has 0 aromatic heterocycles. The molecule has 0 radical (unpaired) electrons. The van der Waals surface area contributed by atoms with Crippen molar-refractivity contribution in [3.05, 3.63) is 36.4 Å². The van der Waals surface area contributed by atoms with E-state index in [2.05, 4.69) is 6.58 Å². The van der Waals surface area contributed by atoms with Crippen LogP contribution >= 0.6 is 0 Å². The SMILES string of the molecule is C=CCN1C(=O)C(=O)N(CC(=O)N2CCCc3c(N)cccc32)C1=O. The zero-order valence-electron chi connectivity index (χ0n) is 13.6. The lowest BCUT2D eigenvalue weighted by atomic mass is 10.00. The second-order valence-corrected chi connectivity index (χ2v) is 5.87. The van der Waals surface area contributed by atoms with Gasteiger partial charge in [0.05, 0.1) is 0 Å². The summed E-state index contributed by atoms with van der Waals surface area (Å²) < 4.78 is 0. The summed E-state index contributed by atoms with van der Waals surface area (Å²) in [6.45, 7) is 3.36. The third-order valence-corrected chi connectivity index (χ3v) is 4.33. The Kier molecular flexibility index (Phi) is 4.26. The van der Waals surface area contributed by atoms with E-state index >= 15 is 0 Å². The third kappa shape index (κ3) is 2.75. The fourth-order valence-electron chi connectivity index (χ4n) is 3.11. The fourth-order valence-corrected chi connectivity index (χ4v) is 3.11. The maximum atomic E-state index is 12.7. The molecule has 0 aliphatic carbocycles. The van der Waals surface area contributed by atoms with Gasteiger partial charge in [0, 0.05) is 24.5 Å². The van der Waals surface area contributed by atoms with Crippen LogP contribution in [0.1, 0.15) is 12.0 Å². The lowest BCUT2D eigenvalue weighted by molar-refractivity contribution is -0.143. The largest absolute Gasteiger partial charge is 0.398 e. The quantitative estimate of drug-likeness (QED) is 0.372. The Morgan fingerprint density at radius 1 is 1.20 bits per heavy atom. The molecule has 0 spiro atoms. The molecule has 0 bridgehead atoms. The number of rotatable bonds is 4. The topological polar surface area (TPSA) is 104 Å². The molecule has 0 atom stereocenters. The second kappa shape index (κ2) is 6.39. The van der Waals surface area contributed by atoms with Crippen LogP contribution in [-0.2, 0) is 20.8 Å². The number of nitrogens with zero attached hydrogens (tertiary/aromatic N) is 3. The van der Waals surface area contributed by atoms with Crippen LogP contribution in [0.2, 0.25) is 0 Å². The Bertz CT molecular complexity index is 789. The normalized spacial score (nSPS) is 17.1. The van der Waals surface area contributed by atoms with Crippen molar-refractivity contribution in [2.24, 2.45) is 0 Å². The highest BCUT2D eigenvalue weighted by molar-refractivity contribution is 6.45. The predicted octanol–water partition coefficient (Wildman–Crippen LogP) is 0.525. The van der Waals surface area contributed by atoms with Gasteiger partial charge in [-0.25, -0.2) is 9.69 Å². The molecule has 1 aromatic rings. The number of hydrogen-bond donors (Lipinski definition) is 1. The summed E-state index contributed by atoms with van der Waals surface area (Å²) in [6, 6.07) is 4.51. The maximum Gasteiger partial charge on any atom is 0.335 e. The summed E-state index contributed by atoms with van der Waals surface area (Å²) in [5.74, 6) is -2.37. The summed E-state index contributed by atoms with van der Waals surface area (Å²) in [4.78, 5) is 51.7. The van der Waals surface area contributed by atoms with E-state index in [-0.39, 0.29) is 6.54 Å². The summed E-state index contributed by atoms with van der Waals surface area (Å²) >= 11 is 0. The molecule has 25 heavy (non-hydrogen) atoms. The number of nitrogen functional groups attached to an aromatic ring is 1. The van der Waals surface area contributed by atoms with E-state index in [1.54, 1.807) is 18.2 Å². The lowest BCUT2D eigenvalue weighted by Gasteiger charge is -2.31. The molecular weight excluding hydrogens is 324 g/mol. The second-order valence-electron chi connectivity index (χ2n) is 5.87. The average molecular weight is 342 g/mol. The van der Waals surface area contributed by atoms with E-state index < -0.39 is 30.3 Å². The van der Waals surface area contributed by atoms with Gasteiger partial charge in [0.1, 0.15) is 6.54 Å². The monoisotopic (exact) mass is 342 g/mol. The van der Waals surface area contributed by atoms with Crippen molar-refractivity contribution >= 4 is 35.1 Å². The third-order valence-electron chi connectivity index (χ3n) is 4.33. The van der Waals surface area contributed by atoms with Crippen molar-refractivity contribution in [3.8, 4) is 0 Å². The van der Waals surface area contributed by atoms with Crippen molar-refractivity contribution in [1.29, 1.82) is 0 Å². The van der Waals surface area contributed by atoms with E-state index in [4.69, 9.17) is 5.73 Å². The minimum atomic E-state index is -0.995. The van der Waals surface area contributed by atoms with Gasteiger partial charge in [0.2, 0.25) is 5.91 Å². The molecule has 3 rings (SSSR count). The first kappa shape index (κ1) is 16.7. The van der Waals surface area contributed by atoms with Crippen LogP contribution in [0.5, 0.6) is 0 Å². The van der Waals surface area contributed by atoms with E-state index in [0.29, 0.717) is 22.8 Å². The first-order chi connectivity index (χ1) is 12.0. The van der Waals surface area contributed by atoms with Crippen molar-refractivity contribution in [1.82, 2.24) is 9.80 Å². The number of fused-ring (bicyclic) bond motifs is 1. The number of carbonyl (C=O) groups is 4. The molecule has 130 valence electrons. The number of imide groups is 2. The van der Waals surface area contributed by atoms with Gasteiger partial charge in [-0.05, 0) is 30.5 Å². The van der Waals surface area contributed by atoms with E-state index in [0.717, 1.165) is 23.3 Å². The Morgan fingerprint density at radius 2 is 1.92 bits per heavy atom. The number of benzene rings is 1. The van der Waals surface area contributed by atoms with Crippen LogP contribution in [-0.4, -0.2) is 53.2 Å². The van der Waals surface area contributed by atoms with Gasteiger partial charge in [0.25, 0.3) is 0 Å². The number of hydrogen-bond acceptors (Lipinski definition) is 5. The fraction of sp³-hybridized carbons (Fsp3) is 0.294. The zero-order chi connectivity index (χ0) is 18.1. The average Bonchev–Trinajstić information content (AvgIpc) is 2.80. The first-order valence-corrected chi connectivity index (χ1v) is 7.91. The van der Waals surface area contributed by atoms with Crippen molar-refractivity contribution in [2.45, 2.75) is 12.8 Å². The first-order valence-electron chi connectivity index (χ1n) is 7.91. The van der Waals surface area contributed by atoms with Crippen LogP contribution in [0, 0.1) is 0 Å². The van der Waals surface area contributed by atoms with Gasteiger partial charge in [0.15, 0.2) is 0 Å². The standard InChI is InChI=1S/C17H18N4O4/c1-2-8-20-15(23)16(24)21(17(20)25)10-14(22)19-9-4-5-11-12(18)6-3-7-13(11)19/h2-3,6-7H,1,4-5,8-10,18H2. The van der Waals surface area contributed by atoms with Crippen molar-refractivity contribution in [2.75, 3.05) is 30.3 Å². The molecule has 0 unspecified atom stereocenters. The van der Waals surface area contributed by atoms with Crippen LogP contribution in [0.3, 0.4) is 0 Å². The number of carbonyl (C=O) groups excluding carboxylic acids is 4. The van der Waals surface area contributed by atoms with Gasteiger partial charge < -0.3 is 10.6 Å². The van der Waals surface area contributed by atoms with E-state index in [9.17, 15) is 19.2 Å². The molecule has 2 heterocycles. The zero-order valence-corrected chi connectivity index (χ0v) is 13.6. The Labute approximate surface area is 144 Å². The van der Waals surface area contributed by atoms with Crippen LogP contribution in [0.4, 0.5) is 16.2 Å². The van der Waals surface area contributed by atoms with E-state index in [1.807, 2.05) is 0 Å². The number of amides is 5. The molecule has 2 N–H and O–H groups in total. The van der Waals surface area contributed by atoms with Crippen molar-refractivity contribution < 1.29 is 19.2 Å². The highest BCUT2D eigenvalue weighted by Gasteiger charge is 2.45. The summed E-state index contributed by atoms with van der Waals surface area (Å²) in [6.07, 6.45) is 2.84. The molecule has 1 fully saturated rings. The number of nitrogens with two attached hydrogens (primary N) is 1. The number of anilines is 2. The number of urea groups is 1. The molecule has 5 amide bonds. The molecule has 8 nitrogen and oxygen atoms in total. The van der Waals surface area contributed by atoms with E-state index in [1.165, 1.54) is 11.0 Å². The molecule has 8 heteroatoms. The lowest BCUT2D eigenvalue weighted by Crippen LogP contribution is -2.45. The predicted molar refractivity (Wildman–Crippen MR) is 90.5 cm³/mol. The molecule has 1 saturated heterocycles. The van der Waals surface area contributed by atoms with Gasteiger partial charge in [-0.3, -0.25) is 19.3 Å². The van der Waals surface area contributed by atoms with Crippen LogP contribution < -0.4 is 10.6 Å². The van der Waals surface area contributed by atoms with Gasteiger partial charge in [-0.15, -0.1) is 6.58 Å². The van der Waals surface area contributed by atoms with Gasteiger partial charge in [-0.1, -0.05) is 12.1 Å².